The van der Waals surface area contributed by atoms with Crippen LogP contribution in [0, 0.1) is 0 Å². The lowest BCUT2D eigenvalue weighted by Crippen LogP contribution is -2.48. The lowest BCUT2D eigenvalue weighted by molar-refractivity contribution is -0.140. The SMILES string of the molecule is CC1CN(C(=O)CSc2ncnc3ccccc23)CC(C)O1. The highest BCUT2D eigenvalue weighted by Crippen LogP contribution is 2.24. The average molecular weight is 317 g/mol. The molecule has 1 amide bonds. The fourth-order valence-electron chi connectivity index (χ4n) is 2.70. The summed E-state index contributed by atoms with van der Waals surface area (Å²) >= 11 is 1.47. The van der Waals surface area contributed by atoms with Gasteiger partial charge in [0.15, 0.2) is 0 Å². The number of carbonyl (C=O) groups excluding carboxylic acids is 1. The van der Waals surface area contributed by atoms with Crippen LogP contribution in [0.4, 0.5) is 0 Å². The second-order valence-corrected chi connectivity index (χ2v) is 6.50. The van der Waals surface area contributed by atoms with Crippen LogP contribution in [0.3, 0.4) is 0 Å². The van der Waals surface area contributed by atoms with Crippen molar-refractivity contribution in [3.05, 3.63) is 30.6 Å². The molecule has 22 heavy (non-hydrogen) atoms. The molecule has 1 aliphatic heterocycles. The third kappa shape index (κ3) is 3.39. The Hall–Kier alpha value is -1.66. The molecule has 0 N–H and O–H groups in total. The van der Waals surface area contributed by atoms with Crippen molar-refractivity contribution in [2.75, 3.05) is 18.8 Å². The Morgan fingerprint density at radius 3 is 2.77 bits per heavy atom. The number of para-hydroxylation sites is 1. The summed E-state index contributed by atoms with van der Waals surface area (Å²) < 4.78 is 5.67. The Bertz CT molecular complexity index is 664. The van der Waals surface area contributed by atoms with Crippen LogP contribution in [-0.2, 0) is 9.53 Å². The van der Waals surface area contributed by atoms with Gasteiger partial charge in [0.25, 0.3) is 0 Å². The summed E-state index contributed by atoms with van der Waals surface area (Å²) in [7, 11) is 0. The van der Waals surface area contributed by atoms with Gasteiger partial charge >= 0.3 is 0 Å². The number of amides is 1. The van der Waals surface area contributed by atoms with Crippen molar-refractivity contribution in [3.8, 4) is 0 Å². The standard InChI is InChI=1S/C16H19N3O2S/c1-11-7-19(8-12(2)21-11)15(20)9-22-16-13-5-3-4-6-14(13)17-10-18-16/h3-6,10-12H,7-9H2,1-2H3. The highest BCUT2D eigenvalue weighted by atomic mass is 32.2. The number of fused-ring (bicyclic) bond motifs is 1. The van der Waals surface area contributed by atoms with Gasteiger partial charge in [-0.3, -0.25) is 4.79 Å². The van der Waals surface area contributed by atoms with E-state index in [0.717, 1.165) is 15.9 Å². The Morgan fingerprint density at radius 1 is 1.27 bits per heavy atom. The summed E-state index contributed by atoms with van der Waals surface area (Å²) in [4.78, 5) is 22.8. The number of hydrogen-bond acceptors (Lipinski definition) is 5. The van der Waals surface area contributed by atoms with Crippen molar-refractivity contribution in [3.63, 3.8) is 0 Å². The number of benzene rings is 1. The van der Waals surface area contributed by atoms with Crippen LogP contribution in [0.2, 0.25) is 0 Å². The van der Waals surface area contributed by atoms with Gasteiger partial charge in [-0.25, -0.2) is 9.97 Å². The lowest BCUT2D eigenvalue weighted by Gasteiger charge is -2.35. The van der Waals surface area contributed by atoms with Gasteiger partial charge < -0.3 is 9.64 Å². The Morgan fingerprint density at radius 2 is 2.00 bits per heavy atom. The van der Waals surface area contributed by atoms with Gasteiger partial charge in [0.1, 0.15) is 11.4 Å². The van der Waals surface area contributed by atoms with E-state index in [2.05, 4.69) is 9.97 Å². The van der Waals surface area contributed by atoms with Gasteiger partial charge in [-0.15, -0.1) is 0 Å². The zero-order chi connectivity index (χ0) is 15.5. The molecule has 116 valence electrons. The molecule has 1 aromatic heterocycles. The number of aromatic nitrogens is 2. The van der Waals surface area contributed by atoms with Crippen molar-refractivity contribution in [1.82, 2.24) is 14.9 Å². The number of ether oxygens (including phenoxy) is 1. The minimum absolute atomic E-state index is 0.0950. The second-order valence-electron chi connectivity index (χ2n) is 5.54. The van der Waals surface area contributed by atoms with E-state index in [0.29, 0.717) is 18.8 Å². The van der Waals surface area contributed by atoms with Gasteiger partial charge in [-0.05, 0) is 19.9 Å². The largest absolute Gasteiger partial charge is 0.372 e. The molecule has 0 bridgehead atoms. The molecule has 2 atom stereocenters. The van der Waals surface area contributed by atoms with Crippen molar-refractivity contribution in [1.29, 1.82) is 0 Å². The van der Waals surface area contributed by atoms with E-state index in [4.69, 9.17) is 4.74 Å². The molecule has 0 saturated carbocycles. The fraction of sp³-hybridized carbons (Fsp3) is 0.438. The van der Waals surface area contributed by atoms with Gasteiger partial charge in [-0.1, -0.05) is 30.0 Å². The molecule has 0 aliphatic carbocycles. The minimum Gasteiger partial charge on any atom is -0.372 e. The number of morpholine rings is 1. The first-order chi connectivity index (χ1) is 10.6. The van der Waals surface area contributed by atoms with E-state index in [9.17, 15) is 4.79 Å². The normalized spacial score (nSPS) is 22.0. The molecule has 0 spiro atoms. The predicted octanol–water partition coefficient (Wildman–Crippen LogP) is 2.36. The third-order valence-electron chi connectivity index (χ3n) is 3.61. The number of hydrogen-bond donors (Lipinski definition) is 0. The van der Waals surface area contributed by atoms with Gasteiger partial charge in [0.2, 0.25) is 5.91 Å². The van der Waals surface area contributed by atoms with Crippen LogP contribution < -0.4 is 0 Å². The number of rotatable bonds is 3. The molecule has 3 rings (SSSR count). The van der Waals surface area contributed by atoms with Gasteiger partial charge in [0.05, 0.1) is 23.5 Å². The Labute approximate surface area is 134 Å². The maximum absolute atomic E-state index is 12.4. The molecule has 0 radical (unpaired) electrons. The minimum atomic E-state index is 0.0950. The van der Waals surface area contributed by atoms with Crippen LogP contribution in [-0.4, -0.2) is 51.8 Å². The Kier molecular flexibility index (Phi) is 4.59. The summed E-state index contributed by atoms with van der Waals surface area (Å²) in [5.41, 5.74) is 0.904. The molecule has 2 aromatic rings. The van der Waals surface area contributed by atoms with E-state index in [1.54, 1.807) is 6.33 Å². The van der Waals surface area contributed by atoms with Crippen LogP contribution in [0.15, 0.2) is 35.6 Å². The van der Waals surface area contributed by atoms with E-state index in [1.807, 2.05) is 43.0 Å². The highest BCUT2D eigenvalue weighted by molar-refractivity contribution is 8.00. The quantitative estimate of drug-likeness (QED) is 0.642. The molecule has 5 nitrogen and oxygen atoms in total. The van der Waals surface area contributed by atoms with Crippen molar-refractivity contribution < 1.29 is 9.53 Å². The van der Waals surface area contributed by atoms with Crippen LogP contribution >= 0.6 is 11.8 Å². The fourth-order valence-corrected chi connectivity index (χ4v) is 3.59. The Balaban J connectivity index is 1.67. The van der Waals surface area contributed by atoms with E-state index in [1.165, 1.54) is 11.8 Å². The first-order valence-electron chi connectivity index (χ1n) is 7.39. The summed E-state index contributed by atoms with van der Waals surface area (Å²) in [6.07, 6.45) is 1.74. The lowest BCUT2D eigenvalue weighted by atomic mass is 10.2. The summed E-state index contributed by atoms with van der Waals surface area (Å²) in [6.45, 7) is 5.32. The first-order valence-corrected chi connectivity index (χ1v) is 8.38. The highest BCUT2D eigenvalue weighted by Gasteiger charge is 2.25. The zero-order valence-electron chi connectivity index (χ0n) is 12.7. The number of thioether (sulfide) groups is 1. The second kappa shape index (κ2) is 6.62. The van der Waals surface area contributed by atoms with E-state index < -0.39 is 0 Å². The first kappa shape index (κ1) is 15.2. The summed E-state index contributed by atoms with van der Waals surface area (Å²) in [6, 6.07) is 7.85. The molecule has 1 saturated heterocycles. The molecule has 2 heterocycles. The molecule has 1 aliphatic rings. The van der Waals surface area contributed by atoms with E-state index in [-0.39, 0.29) is 18.1 Å². The predicted molar refractivity (Wildman–Crippen MR) is 86.9 cm³/mol. The molecule has 1 fully saturated rings. The van der Waals surface area contributed by atoms with Crippen LogP contribution in [0.1, 0.15) is 13.8 Å². The van der Waals surface area contributed by atoms with Gasteiger partial charge in [-0.2, -0.15) is 0 Å². The smallest absolute Gasteiger partial charge is 0.233 e. The van der Waals surface area contributed by atoms with Crippen molar-refractivity contribution in [2.45, 2.75) is 31.1 Å². The van der Waals surface area contributed by atoms with Crippen molar-refractivity contribution in [2.24, 2.45) is 0 Å². The van der Waals surface area contributed by atoms with E-state index >= 15 is 0 Å². The maximum Gasteiger partial charge on any atom is 0.233 e. The summed E-state index contributed by atoms with van der Waals surface area (Å²) in [5.74, 6) is 0.523. The molecule has 2 unspecified atom stereocenters. The molecular formula is C16H19N3O2S. The van der Waals surface area contributed by atoms with Crippen LogP contribution in [0.5, 0.6) is 0 Å². The van der Waals surface area contributed by atoms with Crippen LogP contribution in [0.25, 0.3) is 10.9 Å². The zero-order valence-corrected chi connectivity index (χ0v) is 13.5. The average Bonchev–Trinajstić information content (AvgIpc) is 2.51. The topological polar surface area (TPSA) is 55.3 Å². The third-order valence-corrected chi connectivity index (χ3v) is 4.60. The molecule has 1 aromatic carbocycles. The monoisotopic (exact) mass is 317 g/mol. The van der Waals surface area contributed by atoms with Crippen molar-refractivity contribution >= 4 is 28.6 Å². The van der Waals surface area contributed by atoms with Gasteiger partial charge in [0, 0.05) is 18.5 Å². The maximum atomic E-state index is 12.4. The molecule has 6 heteroatoms. The molecular weight excluding hydrogens is 298 g/mol. The number of carbonyl (C=O) groups is 1. The number of nitrogens with zero attached hydrogens (tertiary/aromatic N) is 3. The summed E-state index contributed by atoms with van der Waals surface area (Å²) in [5, 5.41) is 1.85.